The SMILES string of the molecule is Cc1cccc(CN(C)C(CN)c2c(F)cccc2F)n1. The molecule has 0 spiro atoms. The van der Waals surface area contributed by atoms with Gasteiger partial charge in [-0.1, -0.05) is 12.1 Å². The van der Waals surface area contributed by atoms with E-state index in [0.29, 0.717) is 6.54 Å². The van der Waals surface area contributed by atoms with E-state index in [4.69, 9.17) is 5.73 Å². The molecule has 2 rings (SSSR count). The second-order valence-electron chi connectivity index (χ2n) is 5.07. The molecule has 21 heavy (non-hydrogen) atoms. The van der Waals surface area contributed by atoms with Gasteiger partial charge in [0.15, 0.2) is 0 Å². The predicted octanol–water partition coefficient (Wildman–Crippen LogP) is 2.80. The largest absolute Gasteiger partial charge is 0.329 e. The number of hydrogen-bond acceptors (Lipinski definition) is 3. The standard InChI is InChI=1S/C16H19F2N3/c1-11-5-3-6-12(20-11)10-21(2)15(9-19)16-13(17)7-4-8-14(16)18/h3-8,15H,9-10,19H2,1-2H3. The first-order valence-corrected chi connectivity index (χ1v) is 6.79. The third kappa shape index (κ3) is 3.62. The molecule has 0 aliphatic rings. The van der Waals surface area contributed by atoms with E-state index >= 15 is 0 Å². The maximum atomic E-state index is 13.9. The van der Waals surface area contributed by atoms with Crippen molar-refractivity contribution in [3.63, 3.8) is 0 Å². The van der Waals surface area contributed by atoms with E-state index in [2.05, 4.69) is 4.98 Å². The number of pyridine rings is 1. The van der Waals surface area contributed by atoms with Gasteiger partial charge in [-0.3, -0.25) is 9.88 Å². The van der Waals surface area contributed by atoms with Gasteiger partial charge >= 0.3 is 0 Å². The summed E-state index contributed by atoms with van der Waals surface area (Å²) in [4.78, 5) is 6.21. The van der Waals surface area contributed by atoms with Gasteiger partial charge in [-0.2, -0.15) is 0 Å². The Morgan fingerprint density at radius 1 is 1.14 bits per heavy atom. The summed E-state index contributed by atoms with van der Waals surface area (Å²) in [5.74, 6) is -1.15. The molecule has 0 aliphatic carbocycles. The van der Waals surface area contributed by atoms with Crippen LogP contribution >= 0.6 is 0 Å². The molecule has 2 N–H and O–H groups in total. The average molecular weight is 291 g/mol. The maximum Gasteiger partial charge on any atom is 0.130 e. The van der Waals surface area contributed by atoms with E-state index in [1.165, 1.54) is 18.2 Å². The van der Waals surface area contributed by atoms with Gasteiger partial charge in [-0.05, 0) is 38.2 Å². The highest BCUT2D eigenvalue weighted by Gasteiger charge is 2.23. The third-order valence-corrected chi connectivity index (χ3v) is 3.45. The third-order valence-electron chi connectivity index (χ3n) is 3.45. The van der Waals surface area contributed by atoms with Crippen molar-refractivity contribution < 1.29 is 8.78 Å². The zero-order chi connectivity index (χ0) is 15.4. The second kappa shape index (κ2) is 6.74. The maximum absolute atomic E-state index is 13.9. The van der Waals surface area contributed by atoms with Crippen LogP contribution in [0.1, 0.15) is 23.0 Å². The van der Waals surface area contributed by atoms with Crippen LogP contribution in [0.2, 0.25) is 0 Å². The summed E-state index contributed by atoms with van der Waals surface area (Å²) in [6, 6.07) is 9.01. The first-order chi connectivity index (χ1) is 10.0. The molecule has 1 aromatic carbocycles. The Hall–Kier alpha value is -1.85. The molecule has 0 saturated carbocycles. The molecule has 0 fully saturated rings. The van der Waals surface area contributed by atoms with Crippen LogP contribution in [0, 0.1) is 18.6 Å². The number of nitrogens with zero attached hydrogens (tertiary/aromatic N) is 2. The number of aromatic nitrogens is 1. The van der Waals surface area contributed by atoms with Crippen molar-refractivity contribution in [3.8, 4) is 0 Å². The quantitative estimate of drug-likeness (QED) is 0.921. The fraction of sp³-hybridized carbons (Fsp3) is 0.312. The number of aryl methyl sites for hydroxylation is 1. The van der Waals surface area contributed by atoms with Crippen LogP contribution in [0.4, 0.5) is 8.78 Å². The molecule has 0 radical (unpaired) electrons. The number of rotatable bonds is 5. The number of hydrogen-bond donors (Lipinski definition) is 1. The Morgan fingerprint density at radius 2 is 1.76 bits per heavy atom. The van der Waals surface area contributed by atoms with Crippen LogP contribution in [0.25, 0.3) is 0 Å². The Morgan fingerprint density at radius 3 is 2.33 bits per heavy atom. The average Bonchev–Trinajstić information content (AvgIpc) is 2.43. The Balaban J connectivity index is 2.25. The van der Waals surface area contributed by atoms with Crippen molar-refractivity contribution >= 4 is 0 Å². The predicted molar refractivity (Wildman–Crippen MR) is 78.6 cm³/mol. The molecule has 1 aromatic heterocycles. The first kappa shape index (κ1) is 15.5. The zero-order valence-corrected chi connectivity index (χ0v) is 12.2. The van der Waals surface area contributed by atoms with Crippen LogP contribution in [0.3, 0.4) is 0 Å². The fourth-order valence-electron chi connectivity index (χ4n) is 2.40. The molecule has 1 unspecified atom stereocenters. The molecular weight excluding hydrogens is 272 g/mol. The molecule has 5 heteroatoms. The molecule has 1 heterocycles. The summed E-state index contributed by atoms with van der Waals surface area (Å²) < 4.78 is 27.8. The summed E-state index contributed by atoms with van der Waals surface area (Å²) in [7, 11) is 1.79. The Kier molecular flexibility index (Phi) is 4.98. The topological polar surface area (TPSA) is 42.1 Å². The number of nitrogens with two attached hydrogens (primary N) is 1. The summed E-state index contributed by atoms with van der Waals surface area (Å²) >= 11 is 0. The fourth-order valence-corrected chi connectivity index (χ4v) is 2.40. The Labute approximate surface area is 123 Å². The van der Waals surface area contributed by atoms with Crippen LogP contribution in [-0.4, -0.2) is 23.5 Å². The molecule has 0 bridgehead atoms. The first-order valence-electron chi connectivity index (χ1n) is 6.79. The van der Waals surface area contributed by atoms with E-state index in [1.807, 2.05) is 30.0 Å². The molecule has 112 valence electrons. The molecule has 0 saturated heterocycles. The van der Waals surface area contributed by atoms with Crippen molar-refractivity contribution in [1.82, 2.24) is 9.88 Å². The van der Waals surface area contributed by atoms with Crippen LogP contribution < -0.4 is 5.73 Å². The highest BCUT2D eigenvalue weighted by Crippen LogP contribution is 2.25. The van der Waals surface area contributed by atoms with Crippen molar-refractivity contribution in [2.45, 2.75) is 19.5 Å². The number of likely N-dealkylation sites (N-methyl/N-ethyl adjacent to an activating group) is 1. The minimum atomic E-state index is -0.575. The van der Waals surface area contributed by atoms with E-state index in [0.717, 1.165) is 11.4 Å². The number of benzene rings is 1. The van der Waals surface area contributed by atoms with Gasteiger partial charge in [0.2, 0.25) is 0 Å². The van der Waals surface area contributed by atoms with E-state index in [9.17, 15) is 8.78 Å². The minimum absolute atomic E-state index is 0.00940. The van der Waals surface area contributed by atoms with E-state index < -0.39 is 17.7 Å². The van der Waals surface area contributed by atoms with Crippen LogP contribution in [0.15, 0.2) is 36.4 Å². The Bertz CT molecular complexity index is 596. The lowest BCUT2D eigenvalue weighted by Crippen LogP contribution is -2.32. The summed E-state index contributed by atoms with van der Waals surface area (Å²) in [5, 5.41) is 0. The van der Waals surface area contributed by atoms with Gasteiger partial charge in [0, 0.05) is 24.3 Å². The molecule has 0 aliphatic heterocycles. The lowest BCUT2D eigenvalue weighted by Gasteiger charge is -2.27. The van der Waals surface area contributed by atoms with Gasteiger partial charge in [-0.25, -0.2) is 8.78 Å². The lowest BCUT2D eigenvalue weighted by molar-refractivity contribution is 0.228. The highest BCUT2D eigenvalue weighted by atomic mass is 19.1. The van der Waals surface area contributed by atoms with Crippen LogP contribution in [-0.2, 0) is 6.54 Å². The number of halogens is 2. The van der Waals surface area contributed by atoms with Gasteiger partial charge < -0.3 is 5.73 Å². The summed E-state index contributed by atoms with van der Waals surface area (Å²) in [5.41, 5.74) is 7.49. The monoisotopic (exact) mass is 291 g/mol. The summed E-state index contributed by atoms with van der Waals surface area (Å²) in [6.07, 6.45) is 0. The van der Waals surface area contributed by atoms with Crippen molar-refractivity contribution in [2.75, 3.05) is 13.6 Å². The molecule has 3 nitrogen and oxygen atoms in total. The van der Waals surface area contributed by atoms with Crippen molar-refractivity contribution in [2.24, 2.45) is 5.73 Å². The summed E-state index contributed by atoms with van der Waals surface area (Å²) in [6.45, 7) is 2.50. The van der Waals surface area contributed by atoms with Gasteiger partial charge in [0.1, 0.15) is 11.6 Å². The van der Waals surface area contributed by atoms with Crippen LogP contribution in [0.5, 0.6) is 0 Å². The highest BCUT2D eigenvalue weighted by molar-refractivity contribution is 5.24. The van der Waals surface area contributed by atoms with E-state index in [-0.39, 0.29) is 12.1 Å². The second-order valence-corrected chi connectivity index (χ2v) is 5.07. The van der Waals surface area contributed by atoms with Gasteiger partial charge in [0.25, 0.3) is 0 Å². The van der Waals surface area contributed by atoms with Gasteiger partial charge in [0.05, 0.1) is 11.7 Å². The van der Waals surface area contributed by atoms with E-state index in [1.54, 1.807) is 7.05 Å². The van der Waals surface area contributed by atoms with Crippen molar-refractivity contribution in [1.29, 1.82) is 0 Å². The van der Waals surface area contributed by atoms with Crippen molar-refractivity contribution in [3.05, 3.63) is 65.0 Å². The smallest absolute Gasteiger partial charge is 0.130 e. The zero-order valence-electron chi connectivity index (χ0n) is 12.2. The van der Waals surface area contributed by atoms with Gasteiger partial charge in [-0.15, -0.1) is 0 Å². The minimum Gasteiger partial charge on any atom is -0.329 e. The molecule has 1 atom stereocenters. The lowest BCUT2D eigenvalue weighted by atomic mass is 10.0. The normalized spacial score (nSPS) is 12.7. The molecule has 0 amide bonds. The molecule has 2 aromatic rings. The molecular formula is C16H19F2N3.